The summed E-state index contributed by atoms with van der Waals surface area (Å²) in [5.74, 6) is -0.574. The number of halogens is 1. The van der Waals surface area contributed by atoms with E-state index in [1.165, 1.54) is 12.1 Å². The number of hydrogen-bond acceptors (Lipinski definition) is 2. The van der Waals surface area contributed by atoms with Gasteiger partial charge in [0.2, 0.25) is 0 Å². The molecule has 0 atom stereocenters. The Morgan fingerprint density at radius 3 is 2.70 bits per heavy atom. The van der Waals surface area contributed by atoms with Gasteiger partial charge in [0.1, 0.15) is 5.82 Å². The quantitative estimate of drug-likeness (QED) is 0.592. The average molecular weight is 296 g/mol. The molecule has 1 aromatic rings. The highest BCUT2D eigenvalue weighted by molar-refractivity contribution is 7.80. The Hall–Kier alpha value is -1.49. The van der Waals surface area contributed by atoms with E-state index in [2.05, 4.69) is 6.92 Å². The molecule has 1 aromatic carbocycles. The van der Waals surface area contributed by atoms with Crippen LogP contribution in [0.1, 0.15) is 43.0 Å². The summed E-state index contributed by atoms with van der Waals surface area (Å²) >= 11 is 4.85. The van der Waals surface area contributed by atoms with Crippen LogP contribution in [0.3, 0.4) is 0 Å². The molecule has 1 amide bonds. The number of carbonyl (C=O) groups excluding carboxylic acids is 1. The van der Waals surface area contributed by atoms with Crippen LogP contribution in [-0.2, 0) is 0 Å². The summed E-state index contributed by atoms with van der Waals surface area (Å²) in [7, 11) is 0. The van der Waals surface area contributed by atoms with Gasteiger partial charge in [0.15, 0.2) is 0 Å². The van der Waals surface area contributed by atoms with E-state index in [1.807, 2.05) is 0 Å². The predicted molar refractivity (Wildman–Crippen MR) is 83.2 cm³/mol. The zero-order chi connectivity index (χ0) is 15.0. The molecule has 110 valence electrons. The molecular weight excluding hydrogens is 275 g/mol. The number of unbranched alkanes of at least 4 members (excludes halogenated alkanes) is 2. The van der Waals surface area contributed by atoms with E-state index in [1.54, 1.807) is 17.0 Å². The van der Waals surface area contributed by atoms with Gasteiger partial charge in [0.25, 0.3) is 5.91 Å². The summed E-state index contributed by atoms with van der Waals surface area (Å²) in [4.78, 5) is 14.5. The molecule has 3 nitrogen and oxygen atoms in total. The highest BCUT2D eigenvalue weighted by atomic mass is 32.1. The highest BCUT2D eigenvalue weighted by Gasteiger charge is 2.15. The first-order valence-corrected chi connectivity index (χ1v) is 7.28. The van der Waals surface area contributed by atoms with Crippen molar-refractivity contribution >= 4 is 23.1 Å². The van der Waals surface area contributed by atoms with Gasteiger partial charge in [0, 0.05) is 25.1 Å². The van der Waals surface area contributed by atoms with Crippen LogP contribution in [0.5, 0.6) is 0 Å². The van der Waals surface area contributed by atoms with Crippen molar-refractivity contribution < 1.29 is 9.18 Å². The molecule has 0 aliphatic rings. The molecule has 0 unspecified atom stereocenters. The monoisotopic (exact) mass is 296 g/mol. The van der Waals surface area contributed by atoms with Gasteiger partial charge >= 0.3 is 0 Å². The summed E-state index contributed by atoms with van der Waals surface area (Å²) in [5, 5.41) is 0. The van der Waals surface area contributed by atoms with Crippen molar-refractivity contribution in [1.82, 2.24) is 4.90 Å². The molecule has 0 aliphatic heterocycles. The molecule has 0 radical (unpaired) electrons. The molecule has 0 saturated heterocycles. The van der Waals surface area contributed by atoms with Crippen molar-refractivity contribution in [2.24, 2.45) is 5.73 Å². The Labute approximate surface area is 125 Å². The van der Waals surface area contributed by atoms with Gasteiger partial charge in [-0.25, -0.2) is 4.39 Å². The van der Waals surface area contributed by atoms with E-state index in [-0.39, 0.29) is 5.91 Å². The number of rotatable bonds is 8. The Kier molecular flexibility index (Phi) is 7.15. The fourth-order valence-corrected chi connectivity index (χ4v) is 2.01. The van der Waals surface area contributed by atoms with Crippen LogP contribution in [0.2, 0.25) is 0 Å². The van der Waals surface area contributed by atoms with E-state index >= 15 is 0 Å². The number of nitrogens with two attached hydrogens (primary N) is 1. The molecular formula is C15H21FN2OS. The normalized spacial score (nSPS) is 10.3. The van der Waals surface area contributed by atoms with Crippen LogP contribution in [0.4, 0.5) is 4.39 Å². The zero-order valence-electron chi connectivity index (χ0n) is 11.8. The second-order valence-corrected chi connectivity index (χ2v) is 5.25. The number of benzene rings is 1. The molecule has 1 rings (SSSR count). The van der Waals surface area contributed by atoms with Crippen molar-refractivity contribution in [1.29, 1.82) is 0 Å². The maximum Gasteiger partial charge on any atom is 0.253 e. The minimum Gasteiger partial charge on any atom is -0.393 e. The Bertz CT molecular complexity index is 465. The summed E-state index contributed by atoms with van der Waals surface area (Å²) < 4.78 is 13.2. The summed E-state index contributed by atoms with van der Waals surface area (Å²) in [6.45, 7) is 3.23. The number of carbonyl (C=O) groups is 1. The van der Waals surface area contributed by atoms with Crippen LogP contribution >= 0.6 is 12.2 Å². The van der Waals surface area contributed by atoms with Crippen molar-refractivity contribution in [2.75, 3.05) is 13.1 Å². The Morgan fingerprint density at radius 2 is 2.10 bits per heavy atom. The number of hydrogen-bond donors (Lipinski definition) is 1. The average Bonchev–Trinajstić information content (AvgIpc) is 2.41. The Morgan fingerprint density at radius 1 is 1.35 bits per heavy atom. The third kappa shape index (κ3) is 5.65. The predicted octanol–water partition coefficient (Wildman–Crippen LogP) is 3.13. The lowest BCUT2D eigenvalue weighted by atomic mass is 10.1. The lowest BCUT2D eigenvalue weighted by Crippen LogP contribution is -2.34. The SMILES string of the molecule is CCCCCN(CCC(N)=S)C(=O)c1cccc(F)c1. The largest absolute Gasteiger partial charge is 0.393 e. The van der Waals surface area contributed by atoms with E-state index in [0.29, 0.717) is 30.1 Å². The molecule has 0 aromatic heterocycles. The topological polar surface area (TPSA) is 46.3 Å². The van der Waals surface area contributed by atoms with Crippen LogP contribution < -0.4 is 5.73 Å². The molecule has 2 N–H and O–H groups in total. The molecule has 0 heterocycles. The smallest absolute Gasteiger partial charge is 0.253 e. The van der Waals surface area contributed by atoms with E-state index in [0.717, 1.165) is 19.3 Å². The van der Waals surface area contributed by atoms with E-state index in [9.17, 15) is 9.18 Å². The zero-order valence-corrected chi connectivity index (χ0v) is 12.6. The van der Waals surface area contributed by atoms with Crippen LogP contribution in [0.15, 0.2) is 24.3 Å². The number of thiocarbonyl (C=S) groups is 1. The maximum absolute atomic E-state index is 13.2. The van der Waals surface area contributed by atoms with Crippen molar-refractivity contribution in [2.45, 2.75) is 32.6 Å². The van der Waals surface area contributed by atoms with Crippen molar-refractivity contribution in [3.8, 4) is 0 Å². The molecule has 0 saturated carbocycles. The maximum atomic E-state index is 13.2. The van der Waals surface area contributed by atoms with Gasteiger partial charge in [-0.3, -0.25) is 4.79 Å². The first-order valence-electron chi connectivity index (χ1n) is 6.87. The standard InChI is InChI=1S/C15H21FN2OS/c1-2-3-4-9-18(10-8-14(17)20)15(19)12-6-5-7-13(16)11-12/h5-7,11H,2-4,8-10H2,1H3,(H2,17,20). The molecule has 0 bridgehead atoms. The minimum atomic E-state index is -0.404. The van der Waals surface area contributed by atoms with Crippen LogP contribution in [0, 0.1) is 5.82 Å². The van der Waals surface area contributed by atoms with E-state index < -0.39 is 5.82 Å². The van der Waals surface area contributed by atoms with Gasteiger partial charge in [0.05, 0.1) is 4.99 Å². The lowest BCUT2D eigenvalue weighted by molar-refractivity contribution is 0.0757. The first-order chi connectivity index (χ1) is 9.54. The summed E-state index contributed by atoms with van der Waals surface area (Å²) in [5.41, 5.74) is 5.86. The number of nitrogens with zero attached hydrogens (tertiary/aromatic N) is 1. The van der Waals surface area contributed by atoms with Gasteiger partial charge in [-0.15, -0.1) is 0 Å². The third-order valence-corrected chi connectivity index (χ3v) is 3.22. The van der Waals surface area contributed by atoms with Crippen molar-refractivity contribution in [3.05, 3.63) is 35.6 Å². The van der Waals surface area contributed by atoms with Crippen LogP contribution in [0.25, 0.3) is 0 Å². The Balaban J connectivity index is 2.74. The first kappa shape index (κ1) is 16.6. The molecule has 20 heavy (non-hydrogen) atoms. The minimum absolute atomic E-state index is 0.170. The van der Waals surface area contributed by atoms with Gasteiger partial charge < -0.3 is 10.6 Å². The van der Waals surface area contributed by atoms with Gasteiger partial charge in [-0.1, -0.05) is 38.0 Å². The van der Waals surface area contributed by atoms with Gasteiger partial charge in [-0.05, 0) is 24.6 Å². The second-order valence-electron chi connectivity index (χ2n) is 4.73. The fourth-order valence-electron chi connectivity index (χ4n) is 1.92. The third-order valence-electron chi connectivity index (χ3n) is 3.02. The molecule has 0 aliphatic carbocycles. The summed E-state index contributed by atoms with van der Waals surface area (Å²) in [6.07, 6.45) is 3.55. The van der Waals surface area contributed by atoms with Crippen molar-refractivity contribution in [3.63, 3.8) is 0 Å². The fraction of sp³-hybridized carbons (Fsp3) is 0.467. The molecule has 0 spiro atoms. The van der Waals surface area contributed by atoms with Crippen LogP contribution in [-0.4, -0.2) is 28.9 Å². The highest BCUT2D eigenvalue weighted by Crippen LogP contribution is 2.10. The molecule has 5 heteroatoms. The van der Waals surface area contributed by atoms with E-state index in [4.69, 9.17) is 18.0 Å². The number of amides is 1. The molecule has 0 fully saturated rings. The lowest BCUT2D eigenvalue weighted by Gasteiger charge is -2.22. The second kappa shape index (κ2) is 8.64. The van der Waals surface area contributed by atoms with Gasteiger partial charge in [-0.2, -0.15) is 0 Å². The summed E-state index contributed by atoms with van der Waals surface area (Å²) in [6, 6.07) is 5.75.